The zero-order valence-electron chi connectivity index (χ0n) is 10.4. The van der Waals surface area contributed by atoms with Crippen LogP contribution in [-0.4, -0.2) is 19.3 Å². The van der Waals surface area contributed by atoms with Gasteiger partial charge < -0.3 is 15.3 Å². The van der Waals surface area contributed by atoms with Crippen LogP contribution in [-0.2, 0) is 0 Å². The first-order chi connectivity index (χ1) is 4.41. The monoisotopic (exact) mass is 234 g/mol. The summed E-state index contributed by atoms with van der Waals surface area (Å²) in [7, 11) is 0.750. The van der Waals surface area contributed by atoms with Gasteiger partial charge in [0.05, 0.1) is 0 Å². The van der Waals surface area contributed by atoms with Crippen LogP contribution < -0.4 is 126 Å². The maximum Gasteiger partial charge on any atom is 1.00 e. The molecule has 13 heavy (non-hydrogen) atoms. The van der Waals surface area contributed by atoms with Crippen LogP contribution in [0.1, 0.15) is 27.7 Å². The fourth-order valence-electron chi connectivity index (χ4n) is 0. The minimum atomic E-state index is -0.750. The molecule has 0 amide bonds. The van der Waals surface area contributed by atoms with Gasteiger partial charge >= 0.3 is 110 Å². The Bertz CT molecular complexity index is 45.5. The van der Waals surface area contributed by atoms with Crippen LogP contribution in [0.25, 0.3) is 0 Å². The third-order valence-corrected chi connectivity index (χ3v) is 0. The minimum absolute atomic E-state index is 0. The van der Waals surface area contributed by atoms with Gasteiger partial charge in [0.15, 0.2) is 0 Å². The van der Waals surface area contributed by atoms with E-state index in [1.54, 1.807) is 27.7 Å². The Morgan fingerprint density at radius 3 is 1.00 bits per heavy atom. The zero-order valence-corrected chi connectivity index (χ0v) is 17.6. The van der Waals surface area contributed by atoms with Gasteiger partial charge in [0.2, 0.25) is 0 Å². The second kappa shape index (κ2) is 29.6. The van der Waals surface area contributed by atoms with Crippen molar-refractivity contribution >= 4 is 0 Å². The van der Waals surface area contributed by atoms with Gasteiger partial charge in [0.25, 0.3) is 0 Å². The summed E-state index contributed by atoms with van der Waals surface area (Å²) in [6.07, 6.45) is 0. The van der Waals surface area contributed by atoms with Crippen molar-refractivity contribution in [1.82, 2.24) is 0 Å². The number of hydrogen-bond donors (Lipinski definition) is 0. The van der Waals surface area contributed by atoms with Crippen LogP contribution in [0.2, 0.25) is 0 Å². The Balaban J connectivity index is -0.0000000138. The molecular formula is C7H17KNa2O3. The molecule has 0 N–H and O–H groups in total. The summed E-state index contributed by atoms with van der Waals surface area (Å²) < 4.78 is 0. The van der Waals surface area contributed by atoms with Gasteiger partial charge in [-0.25, -0.2) is 0 Å². The maximum atomic E-state index is 10.1. The van der Waals surface area contributed by atoms with E-state index in [-0.39, 0.29) is 117 Å². The molecule has 0 saturated heterocycles. The SMILES string of the molecule is CC(C)(C)[O-].CC[O-].C[O-].[K+].[Na+].[Na+]. The summed E-state index contributed by atoms with van der Waals surface area (Å²) in [5, 5.41) is 27.3. The van der Waals surface area contributed by atoms with Gasteiger partial charge in [-0.2, -0.15) is 7.11 Å². The molecule has 0 aromatic rings. The molecule has 0 aliphatic heterocycles. The van der Waals surface area contributed by atoms with E-state index in [1.807, 2.05) is 0 Å². The molecule has 0 unspecified atom stereocenters. The molecule has 0 fully saturated rings. The molecule has 0 rings (SSSR count). The van der Waals surface area contributed by atoms with Crippen molar-refractivity contribution in [3.8, 4) is 0 Å². The molecule has 3 nitrogen and oxygen atoms in total. The van der Waals surface area contributed by atoms with Gasteiger partial charge in [-0.15, -0.1) is 12.2 Å². The fourth-order valence-corrected chi connectivity index (χ4v) is 0. The Labute approximate surface area is 169 Å². The molecule has 0 aliphatic rings. The predicted octanol–water partition coefficient (Wildman–Crippen LogP) is -10.5. The summed E-state index contributed by atoms with van der Waals surface area (Å²) in [5.41, 5.74) is -0.750. The topological polar surface area (TPSA) is 69.2 Å². The molecule has 0 bridgehead atoms. The normalized spacial score (nSPS) is 6.46. The standard InChI is InChI=1S/C4H9O.C2H5O.CH3O.K.2Na/c1-4(2,3)5;1-2-3;1-2;;;/h1-3H3;2H2,1H3;1H3;;;/q3*-1;3*+1. The van der Waals surface area contributed by atoms with E-state index in [9.17, 15) is 5.11 Å². The molecule has 0 spiro atoms. The van der Waals surface area contributed by atoms with E-state index >= 15 is 0 Å². The van der Waals surface area contributed by atoms with Gasteiger partial charge in [-0.05, 0) is 0 Å². The van der Waals surface area contributed by atoms with Crippen molar-refractivity contribution < 1.29 is 126 Å². The van der Waals surface area contributed by atoms with Gasteiger partial charge in [0, 0.05) is 0 Å². The largest absolute Gasteiger partial charge is 1.00 e. The van der Waals surface area contributed by atoms with E-state index in [0.29, 0.717) is 0 Å². The molecule has 0 radical (unpaired) electrons. The third-order valence-electron chi connectivity index (χ3n) is 0. The van der Waals surface area contributed by atoms with Gasteiger partial charge in [-0.1, -0.05) is 27.7 Å². The van der Waals surface area contributed by atoms with Crippen LogP contribution >= 0.6 is 0 Å². The van der Waals surface area contributed by atoms with Crippen LogP contribution in [0.3, 0.4) is 0 Å². The van der Waals surface area contributed by atoms with Crippen molar-refractivity contribution in [2.24, 2.45) is 0 Å². The van der Waals surface area contributed by atoms with Crippen molar-refractivity contribution in [3.63, 3.8) is 0 Å². The van der Waals surface area contributed by atoms with E-state index in [4.69, 9.17) is 10.2 Å². The van der Waals surface area contributed by atoms with Crippen molar-refractivity contribution in [2.45, 2.75) is 33.3 Å². The molecule has 0 heterocycles. The first kappa shape index (κ1) is 36.0. The summed E-state index contributed by atoms with van der Waals surface area (Å²) >= 11 is 0. The summed E-state index contributed by atoms with van der Waals surface area (Å²) in [6, 6.07) is 0. The van der Waals surface area contributed by atoms with E-state index < -0.39 is 5.60 Å². The van der Waals surface area contributed by atoms with Gasteiger partial charge in [-0.3, -0.25) is 0 Å². The van der Waals surface area contributed by atoms with Gasteiger partial charge in [0.1, 0.15) is 0 Å². The zero-order chi connectivity index (χ0) is 9.21. The van der Waals surface area contributed by atoms with Crippen LogP contribution in [0.4, 0.5) is 0 Å². The maximum absolute atomic E-state index is 10.1. The Morgan fingerprint density at radius 2 is 1.00 bits per heavy atom. The summed E-state index contributed by atoms with van der Waals surface area (Å²) in [5.74, 6) is 0. The second-order valence-electron chi connectivity index (χ2n) is 2.40. The molecule has 0 aromatic heterocycles. The first-order valence-electron chi connectivity index (χ1n) is 3.11. The molecule has 0 aromatic carbocycles. The second-order valence-corrected chi connectivity index (χ2v) is 2.40. The molecule has 0 atom stereocenters. The van der Waals surface area contributed by atoms with Crippen molar-refractivity contribution in [1.29, 1.82) is 0 Å². The summed E-state index contributed by atoms with van der Waals surface area (Å²) in [6.45, 7) is 6.47. The van der Waals surface area contributed by atoms with Crippen LogP contribution in [0.15, 0.2) is 0 Å². The molecule has 66 valence electrons. The minimum Gasteiger partial charge on any atom is -0.857 e. The Kier molecular flexibility index (Phi) is 81.8. The molecule has 6 heteroatoms. The van der Waals surface area contributed by atoms with E-state index in [1.165, 1.54) is 0 Å². The first-order valence-corrected chi connectivity index (χ1v) is 3.11. The van der Waals surface area contributed by atoms with E-state index in [0.717, 1.165) is 7.11 Å². The smallest absolute Gasteiger partial charge is 0.857 e. The van der Waals surface area contributed by atoms with Crippen molar-refractivity contribution in [3.05, 3.63) is 0 Å². The summed E-state index contributed by atoms with van der Waals surface area (Å²) in [4.78, 5) is 0. The van der Waals surface area contributed by atoms with E-state index in [2.05, 4.69) is 0 Å². The average Bonchev–Trinajstić information content (AvgIpc) is 1.68. The average molecular weight is 234 g/mol. The fraction of sp³-hybridized carbons (Fsp3) is 1.00. The quantitative estimate of drug-likeness (QED) is 0.391. The number of hydrogen-bond acceptors (Lipinski definition) is 3. The molecular weight excluding hydrogens is 217 g/mol. The molecule has 0 saturated carbocycles. The molecule has 0 aliphatic carbocycles. The Morgan fingerprint density at radius 1 is 1.00 bits per heavy atom. The van der Waals surface area contributed by atoms with Crippen LogP contribution in [0, 0.1) is 0 Å². The van der Waals surface area contributed by atoms with Crippen molar-refractivity contribution in [2.75, 3.05) is 13.7 Å². The Hall–Kier alpha value is 3.52. The number of rotatable bonds is 0. The predicted molar refractivity (Wildman–Crippen MR) is 36.2 cm³/mol. The third kappa shape index (κ3) is 229. The van der Waals surface area contributed by atoms with Crippen LogP contribution in [0.5, 0.6) is 0 Å².